The minimum Gasteiger partial charge on any atom is -0.496 e. The molecule has 0 aliphatic heterocycles. The molecule has 0 saturated heterocycles. The molecule has 0 heterocycles. The zero-order valence-electron chi connectivity index (χ0n) is 19.4. The first kappa shape index (κ1) is 22.9. The van der Waals surface area contributed by atoms with Crippen LogP contribution in [0, 0.1) is 18.3 Å². The van der Waals surface area contributed by atoms with Gasteiger partial charge < -0.3 is 20.8 Å². The number of hydrogen-bond acceptors (Lipinski definition) is 4. The van der Waals surface area contributed by atoms with Crippen molar-refractivity contribution in [3.63, 3.8) is 0 Å². The van der Waals surface area contributed by atoms with Crippen molar-refractivity contribution in [2.24, 2.45) is 5.92 Å². The zero-order chi connectivity index (χ0) is 22.2. The molecule has 4 heteroatoms. The third-order valence-electron chi connectivity index (χ3n) is 6.26. The van der Waals surface area contributed by atoms with Crippen molar-refractivity contribution in [3.05, 3.63) is 65.4 Å². The molecule has 1 aliphatic rings. The highest BCUT2D eigenvalue weighted by Crippen LogP contribution is 2.37. The number of ether oxygens (including phenoxy) is 1. The van der Waals surface area contributed by atoms with Gasteiger partial charge in [0.25, 0.3) is 0 Å². The average Bonchev–Trinajstić information content (AvgIpc) is 2.78. The fraction of sp³-hybridized carbons (Fsp3) is 0.444. The van der Waals surface area contributed by atoms with Crippen molar-refractivity contribution < 1.29 is 4.74 Å². The van der Waals surface area contributed by atoms with E-state index in [-0.39, 0.29) is 0 Å². The van der Waals surface area contributed by atoms with Crippen LogP contribution in [-0.2, 0) is 0 Å². The summed E-state index contributed by atoms with van der Waals surface area (Å²) in [6.45, 7) is 7.33. The maximum absolute atomic E-state index is 7.74. The predicted molar refractivity (Wildman–Crippen MR) is 132 cm³/mol. The van der Waals surface area contributed by atoms with E-state index in [4.69, 9.17) is 10.1 Å². The summed E-state index contributed by atoms with van der Waals surface area (Å²) < 4.78 is 5.40. The van der Waals surface area contributed by atoms with E-state index in [0.29, 0.717) is 17.9 Å². The van der Waals surface area contributed by atoms with Crippen molar-refractivity contribution in [1.82, 2.24) is 5.32 Å². The molecule has 166 valence electrons. The van der Waals surface area contributed by atoms with E-state index >= 15 is 0 Å². The summed E-state index contributed by atoms with van der Waals surface area (Å²) in [6.07, 6.45) is 8.35. The number of nitrogens with one attached hydrogen (secondary N) is 3. The molecule has 4 nitrogen and oxygen atoms in total. The van der Waals surface area contributed by atoms with E-state index in [2.05, 4.69) is 73.9 Å². The Balaban J connectivity index is 1.53. The molecule has 3 rings (SSSR count). The summed E-state index contributed by atoms with van der Waals surface area (Å²) in [6, 6.07) is 15.4. The molecule has 0 atom stereocenters. The molecule has 3 N–H and O–H groups in total. The number of allylic oxidation sites excluding steroid dienone is 1. The van der Waals surface area contributed by atoms with Gasteiger partial charge in [-0.25, -0.2) is 0 Å². The number of methoxy groups -OCH3 is 1. The van der Waals surface area contributed by atoms with Crippen molar-refractivity contribution in [2.75, 3.05) is 19.0 Å². The number of aryl methyl sites for hydroxylation is 1. The maximum Gasteiger partial charge on any atom is 0.121 e. The van der Waals surface area contributed by atoms with E-state index in [1.54, 1.807) is 7.11 Å². The fourth-order valence-electron chi connectivity index (χ4n) is 4.39. The fourth-order valence-corrected chi connectivity index (χ4v) is 4.39. The number of hydrogen-bond donors (Lipinski definition) is 3. The van der Waals surface area contributed by atoms with Gasteiger partial charge >= 0.3 is 0 Å². The molecule has 0 amide bonds. The third kappa shape index (κ3) is 6.36. The van der Waals surface area contributed by atoms with E-state index < -0.39 is 0 Å². The Morgan fingerprint density at radius 2 is 1.90 bits per heavy atom. The number of rotatable bonds is 9. The highest BCUT2D eigenvalue weighted by Gasteiger charge is 2.22. The summed E-state index contributed by atoms with van der Waals surface area (Å²) in [7, 11) is 1.74. The SMILES string of the molecule is COc1ccc(C2CCC(CNc3cccc(/C(C=N)=C/NC(C)C)c3)CC2)cc1C. The van der Waals surface area contributed by atoms with Gasteiger partial charge in [0.2, 0.25) is 0 Å². The summed E-state index contributed by atoms with van der Waals surface area (Å²) in [5.74, 6) is 2.35. The lowest BCUT2D eigenvalue weighted by molar-refractivity contribution is 0.338. The van der Waals surface area contributed by atoms with Crippen LogP contribution >= 0.6 is 0 Å². The largest absolute Gasteiger partial charge is 0.496 e. The molecule has 1 saturated carbocycles. The van der Waals surface area contributed by atoms with Crippen molar-refractivity contribution in [3.8, 4) is 5.75 Å². The van der Waals surface area contributed by atoms with E-state index in [0.717, 1.165) is 29.1 Å². The minimum absolute atomic E-state index is 0.355. The smallest absolute Gasteiger partial charge is 0.121 e. The average molecular weight is 420 g/mol. The molecule has 0 bridgehead atoms. The van der Waals surface area contributed by atoms with Gasteiger partial charge in [0.05, 0.1) is 7.11 Å². The monoisotopic (exact) mass is 419 g/mol. The van der Waals surface area contributed by atoms with Gasteiger partial charge in [-0.2, -0.15) is 0 Å². The summed E-state index contributed by atoms with van der Waals surface area (Å²) in [4.78, 5) is 0. The molecule has 2 aromatic rings. The second-order valence-corrected chi connectivity index (χ2v) is 8.97. The Morgan fingerprint density at radius 3 is 2.55 bits per heavy atom. The quantitative estimate of drug-likeness (QED) is 0.413. The van der Waals surface area contributed by atoms with E-state index in [1.807, 2.05) is 6.20 Å². The first-order valence-electron chi connectivity index (χ1n) is 11.5. The summed E-state index contributed by atoms with van der Waals surface area (Å²) in [5, 5.41) is 14.7. The Labute approximate surface area is 187 Å². The Morgan fingerprint density at radius 1 is 1.13 bits per heavy atom. The molecule has 0 unspecified atom stereocenters. The molecule has 0 aromatic heterocycles. The summed E-state index contributed by atoms with van der Waals surface area (Å²) >= 11 is 0. The normalized spacial score (nSPS) is 19.2. The number of anilines is 1. The highest BCUT2D eigenvalue weighted by atomic mass is 16.5. The lowest BCUT2D eigenvalue weighted by atomic mass is 9.78. The molecule has 0 radical (unpaired) electrons. The lowest BCUT2D eigenvalue weighted by Gasteiger charge is -2.29. The van der Waals surface area contributed by atoms with Crippen LogP contribution in [0.25, 0.3) is 5.57 Å². The van der Waals surface area contributed by atoms with Gasteiger partial charge in [0.1, 0.15) is 5.75 Å². The van der Waals surface area contributed by atoms with Gasteiger partial charge in [0, 0.05) is 36.3 Å². The first-order chi connectivity index (χ1) is 15.0. The van der Waals surface area contributed by atoms with Crippen LogP contribution in [0.5, 0.6) is 5.75 Å². The van der Waals surface area contributed by atoms with Crippen LogP contribution < -0.4 is 15.4 Å². The van der Waals surface area contributed by atoms with Crippen LogP contribution in [0.4, 0.5) is 5.69 Å². The molecule has 0 spiro atoms. The van der Waals surface area contributed by atoms with Crippen molar-refractivity contribution in [1.29, 1.82) is 5.41 Å². The molecule has 31 heavy (non-hydrogen) atoms. The van der Waals surface area contributed by atoms with Crippen LogP contribution in [0.3, 0.4) is 0 Å². The molecule has 1 fully saturated rings. The van der Waals surface area contributed by atoms with Crippen LogP contribution in [0.15, 0.2) is 48.7 Å². The highest BCUT2D eigenvalue weighted by molar-refractivity contribution is 6.08. The molecular formula is C27H37N3O. The second kappa shape index (κ2) is 11.0. The van der Waals surface area contributed by atoms with Gasteiger partial charge in [-0.15, -0.1) is 0 Å². The second-order valence-electron chi connectivity index (χ2n) is 8.97. The maximum atomic E-state index is 7.74. The predicted octanol–water partition coefficient (Wildman–Crippen LogP) is 6.38. The van der Waals surface area contributed by atoms with Gasteiger partial charge in [0.15, 0.2) is 0 Å². The van der Waals surface area contributed by atoms with E-state index in [9.17, 15) is 0 Å². The van der Waals surface area contributed by atoms with Gasteiger partial charge in [-0.1, -0.05) is 24.3 Å². The molecule has 2 aromatic carbocycles. The topological polar surface area (TPSA) is 57.1 Å². The third-order valence-corrected chi connectivity index (χ3v) is 6.26. The van der Waals surface area contributed by atoms with Crippen LogP contribution in [0.1, 0.15) is 62.1 Å². The van der Waals surface area contributed by atoms with Gasteiger partial charge in [-0.05, 0) is 93.2 Å². The Hall–Kier alpha value is -2.75. The van der Waals surface area contributed by atoms with Gasteiger partial charge in [-0.3, -0.25) is 0 Å². The van der Waals surface area contributed by atoms with E-state index in [1.165, 1.54) is 43.0 Å². The standard InChI is InChI=1S/C27H37N3O/c1-19(2)29-18-25(16-28)23-6-5-7-26(15-23)30-17-21-8-10-22(11-9-21)24-12-13-27(31-4)20(3)14-24/h5-7,12-16,18-19,21-22,28-30H,8-11,17H2,1-4H3/b25-18+,28-16?. The molecular weight excluding hydrogens is 382 g/mol. The summed E-state index contributed by atoms with van der Waals surface area (Å²) in [5.41, 5.74) is 5.77. The number of benzene rings is 2. The minimum atomic E-state index is 0.355. The van der Waals surface area contributed by atoms with Crippen LogP contribution in [0.2, 0.25) is 0 Å². The Bertz CT molecular complexity index is 895. The molecule has 1 aliphatic carbocycles. The van der Waals surface area contributed by atoms with Crippen LogP contribution in [-0.4, -0.2) is 25.9 Å². The lowest BCUT2D eigenvalue weighted by Crippen LogP contribution is -2.20. The van der Waals surface area contributed by atoms with Crippen molar-refractivity contribution in [2.45, 2.75) is 58.4 Å². The Kier molecular flexibility index (Phi) is 8.16. The zero-order valence-corrected chi connectivity index (χ0v) is 19.4. The first-order valence-corrected chi connectivity index (χ1v) is 11.5. The van der Waals surface area contributed by atoms with Crippen molar-refractivity contribution >= 4 is 17.5 Å².